The van der Waals surface area contributed by atoms with Gasteiger partial charge in [-0.05, 0) is 49.7 Å². The number of carbonyl (C=O) groups is 1. The van der Waals surface area contributed by atoms with Crippen LogP contribution in [0, 0.1) is 19.6 Å². The van der Waals surface area contributed by atoms with E-state index in [1.54, 1.807) is 6.92 Å². The monoisotopic (exact) mass is 476 g/mol. The molecule has 0 spiro atoms. The van der Waals surface area contributed by atoms with E-state index in [2.05, 4.69) is 15.3 Å². The summed E-state index contributed by atoms with van der Waals surface area (Å²) in [5.74, 6) is -2.42. The highest BCUT2D eigenvalue weighted by Gasteiger charge is 2.31. The molecule has 2 heterocycles. The zero-order chi connectivity index (χ0) is 27.3. The number of aromatic nitrogens is 3. The Kier molecular flexibility index (Phi) is 4.82. The number of aliphatic hydroxyl groups excluding tert-OH is 1. The molecule has 2 aromatic carbocycles. The molecule has 4 aromatic rings. The maximum absolute atomic E-state index is 15.2. The molecular formula is C23H19F4N5O2. The molecule has 176 valence electrons. The first kappa shape index (κ1) is 19.5. The summed E-state index contributed by atoms with van der Waals surface area (Å²) >= 11 is 0. The van der Waals surface area contributed by atoms with Crippen molar-refractivity contribution in [2.24, 2.45) is 0 Å². The van der Waals surface area contributed by atoms with E-state index in [4.69, 9.17) is 9.85 Å². The molecule has 0 radical (unpaired) electrons. The van der Waals surface area contributed by atoms with Crippen LogP contribution in [0.5, 0.6) is 0 Å². The van der Waals surface area contributed by atoms with Gasteiger partial charge in [0.25, 0.3) is 5.91 Å². The van der Waals surface area contributed by atoms with Crippen molar-refractivity contribution in [3.8, 4) is 11.3 Å². The first-order valence-corrected chi connectivity index (χ1v) is 9.78. The highest BCUT2D eigenvalue weighted by Crippen LogP contribution is 2.33. The molecule has 0 fully saturated rings. The average molecular weight is 476 g/mol. The molecule has 4 rings (SSSR count). The predicted molar refractivity (Wildman–Crippen MR) is 117 cm³/mol. The molecule has 2 aromatic heterocycles. The Balaban J connectivity index is 1.67. The van der Waals surface area contributed by atoms with Crippen molar-refractivity contribution in [2.75, 3.05) is 11.1 Å². The largest absolute Gasteiger partial charge is 0.416 e. The van der Waals surface area contributed by atoms with Gasteiger partial charge in [-0.2, -0.15) is 13.2 Å². The smallest absolute Gasteiger partial charge is 0.382 e. The molecule has 0 aliphatic heterocycles. The average Bonchev–Trinajstić information content (AvgIpc) is 3.23. The van der Waals surface area contributed by atoms with Crippen LogP contribution in [0.2, 0.25) is 0 Å². The lowest BCUT2D eigenvalue weighted by Gasteiger charge is -2.14. The summed E-state index contributed by atoms with van der Waals surface area (Å²) in [5.41, 5.74) is 4.77. The van der Waals surface area contributed by atoms with Gasteiger partial charge in [-0.1, -0.05) is 12.1 Å². The maximum Gasteiger partial charge on any atom is 0.416 e. The molecule has 11 heteroatoms. The lowest BCUT2D eigenvalue weighted by molar-refractivity contribution is -0.138. The molecule has 7 nitrogen and oxygen atoms in total. The second-order valence-electron chi connectivity index (χ2n) is 7.46. The minimum Gasteiger partial charge on any atom is -0.382 e. The number of alkyl halides is 3. The minimum absolute atomic E-state index is 0.0791. The second kappa shape index (κ2) is 8.41. The number of nitrogens with zero attached hydrogens (tertiary/aromatic N) is 3. The van der Waals surface area contributed by atoms with Crippen LogP contribution in [-0.4, -0.2) is 25.4 Å². The van der Waals surface area contributed by atoms with Gasteiger partial charge in [-0.3, -0.25) is 9.20 Å². The zero-order valence-electron chi connectivity index (χ0n) is 20.5. The van der Waals surface area contributed by atoms with E-state index in [0.29, 0.717) is 11.8 Å². The Morgan fingerprint density at radius 3 is 2.71 bits per heavy atom. The Hall–Kier alpha value is -3.99. The first-order valence-electron chi connectivity index (χ1n) is 11.3. The van der Waals surface area contributed by atoms with Gasteiger partial charge in [0.15, 0.2) is 6.10 Å². The van der Waals surface area contributed by atoms with Crippen molar-refractivity contribution in [1.82, 2.24) is 14.4 Å². The number of benzene rings is 2. The summed E-state index contributed by atoms with van der Waals surface area (Å²) in [6.45, 7) is -1.06. The first-order chi connectivity index (χ1) is 17.2. The van der Waals surface area contributed by atoms with Crippen molar-refractivity contribution >= 4 is 22.9 Å². The number of amides is 1. The number of anilines is 2. The lowest BCUT2D eigenvalue weighted by Crippen LogP contribution is -2.21. The van der Waals surface area contributed by atoms with Crippen molar-refractivity contribution in [2.45, 2.75) is 26.1 Å². The quantitative estimate of drug-likeness (QED) is 0.378. The fraction of sp³-hybridized carbons (Fsp3) is 0.174. The van der Waals surface area contributed by atoms with E-state index in [1.807, 2.05) is 0 Å². The highest BCUT2D eigenvalue weighted by atomic mass is 19.4. The van der Waals surface area contributed by atoms with E-state index in [0.717, 1.165) is 24.3 Å². The number of nitrogen functional groups attached to an aromatic ring is 1. The topological polar surface area (TPSA) is 106 Å². The number of aliphatic hydroxyl groups is 1. The summed E-state index contributed by atoms with van der Waals surface area (Å²) in [5, 5.41) is 12.5. The van der Waals surface area contributed by atoms with Gasteiger partial charge < -0.3 is 16.2 Å². The number of rotatable bonds is 4. The van der Waals surface area contributed by atoms with Crippen LogP contribution < -0.4 is 11.1 Å². The molecule has 1 unspecified atom stereocenters. The van der Waals surface area contributed by atoms with Crippen molar-refractivity contribution in [3.63, 3.8) is 0 Å². The number of nitrogens with two attached hydrogens (primary N) is 1. The van der Waals surface area contributed by atoms with Crippen molar-refractivity contribution < 1.29 is 31.6 Å². The van der Waals surface area contributed by atoms with Crippen molar-refractivity contribution in [3.05, 3.63) is 77.1 Å². The summed E-state index contributed by atoms with van der Waals surface area (Å²) in [4.78, 5) is 20.6. The molecular weight excluding hydrogens is 454 g/mol. The Labute approximate surface area is 195 Å². The summed E-state index contributed by atoms with van der Waals surface area (Å²) in [6.07, 6.45) is -5.27. The molecule has 0 bridgehead atoms. The predicted octanol–water partition coefficient (Wildman–Crippen LogP) is 4.43. The molecule has 0 aliphatic rings. The number of carbonyl (C=O) groups excluding carboxylic acids is 1. The summed E-state index contributed by atoms with van der Waals surface area (Å²) < 4.78 is 78.6. The van der Waals surface area contributed by atoms with Crippen LogP contribution in [0.3, 0.4) is 0 Å². The number of hydrogen-bond donors (Lipinski definition) is 3. The number of aryl methyl sites for hydroxylation is 2. The Bertz CT molecular complexity index is 1520. The van der Waals surface area contributed by atoms with Gasteiger partial charge in [0.1, 0.15) is 28.7 Å². The fourth-order valence-electron chi connectivity index (χ4n) is 3.50. The third-order valence-corrected chi connectivity index (χ3v) is 5.13. The molecule has 0 aliphatic carbocycles. The van der Waals surface area contributed by atoms with E-state index >= 15 is 4.39 Å². The zero-order valence-corrected chi connectivity index (χ0v) is 17.5. The normalized spacial score (nSPS) is 14.4. The maximum atomic E-state index is 15.2. The van der Waals surface area contributed by atoms with Crippen LogP contribution in [0.4, 0.5) is 29.1 Å². The van der Waals surface area contributed by atoms with E-state index in [1.165, 1.54) is 22.7 Å². The van der Waals surface area contributed by atoms with Gasteiger partial charge in [0.2, 0.25) is 0 Å². The lowest BCUT2D eigenvalue weighted by atomic mass is 10.0. The van der Waals surface area contributed by atoms with Crippen LogP contribution in [0.25, 0.3) is 16.8 Å². The number of nitrogens with one attached hydrogen (secondary N) is 1. The standard InChI is InChI=1S/C23H19F4N5O2/c1-11-10-29-21(28)19-18(30-12(2)32(11)19)16-7-6-15(9-17(16)24)31-22(34)20(33)13-4-3-5-14(8-13)23(25,26)27/h3-10,20,33H,1-2H3,(H2,28,29)(H,31,34)/i2D3. The molecule has 0 saturated heterocycles. The highest BCUT2D eigenvalue weighted by molar-refractivity contribution is 5.95. The van der Waals surface area contributed by atoms with Crippen LogP contribution in [0.1, 0.15) is 32.9 Å². The van der Waals surface area contributed by atoms with E-state index in [-0.39, 0.29) is 39.7 Å². The summed E-state index contributed by atoms with van der Waals surface area (Å²) in [6, 6.07) is 7.00. The number of hydrogen-bond acceptors (Lipinski definition) is 5. The summed E-state index contributed by atoms with van der Waals surface area (Å²) in [7, 11) is 0. The number of imidazole rings is 1. The van der Waals surface area contributed by atoms with Gasteiger partial charge in [0, 0.05) is 27.3 Å². The van der Waals surface area contributed by atoms with Crippen molar-refractivity contribution in [1.29, 1.82) is 0 Å². The minimum atomic E-state index is -4.67. The molecule has 1 atom stereocenters. The van der Waals surface area contributed by atoms with E-state index in [9.17, 15) is 23.1 Å². The number of fused-ring (bicyclic) bond motifs is 1. The molecule has 0 saturated carbocycles. The third-order valence-electron chi connectivity index (χ3n) is 5.13. The van der Waals surface area contributed by atoms with Gasteiger partial charge in [-0.15, -0.1) is 0 Å². The molecule has 1 amide bonds. The Morgan fingerprint density at radius 1 is 1.26 bits per heavy atom. The van der Waals surface area contributed by atoms with Gasteiger partial charge in [0.05, 0.1) is 5.56 Å². The second-order valence-corrected chi connectivity index (χ2v) is 7.46. The Morgan fingerprint density at radius 2 is 2.03 bits per heavy atom. The molecule has 4 N–H and O–H groups in total. The SMILES string of the molecule is [2H]C([2H])([2H])c1nc(-c2ccc(NC(=O)C(O)c3cccc(C(F)(F)F)c3)cc2F)c2c(N)ncc(C)n12. The van der Waals surface area contributed by atoms with Crippen LogP contribution in [0.15, 0.2) is 48.7 Å². The van der Waals surface area contributed by atoms with Crippen LogP contribution >= 0.6 is 0 Å². The fourth-order valence-corrected chi connectivity index (χ4v) is 3.50. The molecule has 34 heavy (non-hydrogen) atoms. The van der Waals surface area contributed by atoms with E-state index < -0.39 is 36.4 Å². The number of halogens is 4. The third kappa shape index (κ3) is 4.17. The van der Waals surface area contributed by atoms with Crippen LogP contribution in [-0.2, 0) is 11.0 Å². The van der Waals surface area contributed by atoms with Gasteiger partial charge >= 0.3 is 6.18 Å². The van der Waals surface area contributed by atoms with Gasteiger partial charge in [-0.25, -0.2) is 14.4 Å².